The van der Waals surface area contributed by atoms with Crippen LogP contribution in [0.3, 0.4) is 0 Å². The Morgan fingerprint density at radius 2 is 1.83 bits per heavy atom. The van der Waals surface area contributed by atoms with Crippen LogP contribution in [0.5, 0.6) is 0 Å². The minimum atomic E-state index is -0.0311. The second kappa shape index (κ2) is 6.91. The van der Waals surface area contributed by atoms with Gasteiger partial charge in [0.1, 0.15) is 0 Å². The fourth-order valence-corrected chi connectivity index (χ4v) is 2.10. The third-order valence-corrected chi connectivity index (χ3v) is 3.65. The highest BCUT2D eigenvalue weighted by atomic mass is 16.5. The summed E-state index contributed by atoms with van der Waals surface area (Å²) < 4.78 is 5.50. The highest BCUT2D eigenvalue weighted by Crippen LogP contribution is 2.26. The van der Waals surface area contributed by atoms with E-state index in [2.05, 4.69) is 50.4 Å². The van der Waals surface area contributed by atoms with Gasteiger partial charge in [-0.1, -0.05) is 29.8 Å². The number of benzene rings is 1. The zero-order valence-electron chi connectivity index (χ0n) is 12.4. The summed E-state index contributed by atoms with van der Waals surface area (Å²) in [6.45, 7) is 7.45. The first-order valence-electron chi connectivity index (χ1n) is 6.75. The molecule has 2 nitrogen and oxygen atoms in total. The molecular weight excluding hydrogens is 222 g/mol. The van der Waals surface area contributed by atoms with Crippen LogP contribution in [0.1, 0.15) is 43.7 Å². The van der Waals surface area contributed by atoms with Crippen molar-refractivity contribution in [2.24, 2.45) is 0 Å². The lowest BCUT2D eigenvalue weighted by molar-refractivity contribution is 0.0124. The molecule has 1 unspecified atom stereocenters. The zero-order valence-corrected chi connectivity index (χ0v) is 12.4. The summed E-state index contributed by atoms with van der Waals surface area (Å²) in [6, 6.07) is 8.88. The molecule has 18 heavy (non-hydrogen) atoms. The molecule has 102 valence electrons. The first kappa shape index (κ1) is 15.2. The van der Waals surface area contributed by atoms with Crippen molar-refractivity contribution in [3.8, 4) is 0 Å². The predicted molar refractivity (Wildman–Crippen MR) is 78.2 cm³/mol. The van der Waals surface area contributed by atoms with E-state index in [-0.39, 0.29) is 5.60 Å². The van der Waals surface area contributed by atoms with E-state index >= 15 is 0 Å². The van der Waals surface area contributed by atoms with Gasteiger partial charge in [0.05, 0.1) is 5.60 Å². The van der Waals surface area contributed by atoms with Gasteiger partial charge in [-0.05, 0) is 52.1 Å². The smallest absolute Gasteiger partial charge is 0.0623 e. The maximum Gasteiger partial charge on any atom is 0.0623 e. The van der Waals surface area contributed by atoms with Crippen LogP contribution in [0.4, 0.5) is 0 Å². The van der Waals surface area contributed by atoms with Crippen molar-refractivity contribution in [3.63, 3.8) is 0 Å². The highest BCUT2D eigenvalue weighted by molar-refractivity contribution is 5.24. The molecule has 0 bridgehead atoms. The fourth-order valence-electron chi connectivity index (χ4n) is 2.10. The van der Waals surface area contributed by atoms with Crippen LogP contribution < -0.4 is 5.32 Å². The summed E-state index contributed by atoms with van der Waals surface area (Å²) in [5.74, 6) is 0.560. The summed E-state index contributed by atoms with van der Waals surface area (Å²) in [5, 5.41) is 3.29. The van der Waals surface area contributed by atoms with Gasteiger partial charge in [-0.25, -0.2) is 0 Å². The first-order valence-corrected chi connectivity index (χ1v) is 6.75. The maximum atomic E-state index is 5.50. The average Bonchev–Trinajstić information content (AvgIpc) is 2.36. The Kier molecular flexibility index (Phi) is 5.83. The first-order chi connectivity index (χ1) is 8.48. The van der Waals surface area contributed by atoms with E-state index < -0.39 is 0 Å². The molecule has 0 saturated heterocycles. The Morgan fingerprint density at radius 3 is 2.33 bits per heavy atom. The molecule has 1 aromatic rings. The van der Waals surface area contributed by atoms with E-state index in [1.807, 2.05) is 7.05 Å². The van der Waals surface area contributed by atoms with Gasteiger partial charge in [0.25, 0.3) is 0 Å². The van der Waals surface area contributed by atoms with Crippen molar-refractivity contribution < 1.29 is 4.74 Å². The van der Waals surface area contributed by atoms with Crippen molar-refractivity contribution in [1.82, 2.24) is 5.32 Å². The van der Waals surface area contributed by atoms with Gasteiger partial charge in [0.2, 0.25) is 0 Å². The van der Waals surface area contributed by atoms with Crippen molar-refractivity contribution in [3.05, 3.63) is 35.4 Å². The van der Waals surface area contributed by atoms with Gasteiger partial charge in [0, 0.05) is 13.7 Å². The standard InChI is InChI=1S/C16H27NO/c1-13-6-8-14(9-7-13)15(12-17-4)10-11-16(2,3)18-5/h6-9,15,17H,10-12H2,1-5H3. The van der Waals surface area contributed by atoms with Crippen molar-refractivity contribution >= 4 is 0 Å². The van der Waals surface area contributed by atoms with Gasteiger partial charge in [0.15, 0.2) is 0 Å². The largest absolute Gasteiger partial charge is 0.379 e. The monoisotopic (exact) mass is 249 g/mol. The maximum absolute atomic E-state index is 5.50. The van der Waals surface area contributed by atoms with Gasteiger partial charge >= 0.3 is 0 Å². The van der Waals surface area contributed by atoms with Crippen LogP contribution in [0.2, 0.25) is 0 Å². The van der Waals surface area contributed by atoms with Crippen molar-refractivity contribution in [2.45, 2.75) is 45.1 Å². The molecule has 0 saturated carbocycles. The summed E-state index contributed by atoms with van der Waals surface area (Å²) in [6.07, 6.45) is 2.22. The van der Waals surface area contributed by atoms with E-state index in [0.717, 1.165) is 19.4 Å². The molecule has 0 radical (unpaired) electrons. The fraction of sp³-hybridized carbons (Fsp3) is 0.625. The van der Waals surface area contributed by atoms with E-state index in [9.17, 15) is 0 Å². The highest BCUT2D eigenvalue weighted by Gasteiger charge is 2.19. The average molecular weight is 249 g/mol. The van der Waals surface area contributed by atoms with Crippen LogP contribution in [0.25, 0.3) is 0 Å². The Hall–Kier alpha value is -0.860. The van der Waals surface area contributed by atoms with Gasteiger partial charge in [-0.2, -0.15) is 0 Å². The van der Waals surface area contributed by atoms with Crippen LogP contribution >= 0.6 is 0 Å². The van der Waals surface area contributed by atoms with E-state index in [4.69, 9.17) is 4.74 Å². The van der Waals surface area contributed by atoms with Gasteiger partial charge in [-0.3, -0.25) is 0 Å². The summed E-state index contributed by atoms with van der Waals surface area (Å²) in [4.78, 5) is 0. The van der Waals surface area contributed by atoms with Crippen molar-refractivity contribution in [1.29, 1.82) is 0 Å². The second-order valence-corrected chi connectivity index (χ2v) is 5.67. The number of hydrogen-bond donors (Lipinski definition) is 1. The number of rotatable bonds is 7. The second-order valence-electron chi connectivity index (χ2n) is 5.67. The molecule has 0 aromatic heterocycles. The summed E-state index contributed by atoms with van der Waals surface area (Å²) in [5.41, 5.74) is 2.71. The SMILES string of the molecule is CNCC(CCC(C)(C)OC)c1ccc(C)cc1. The quantitative estimate of drug-likeness (QED) is 0.798. The van der Waals surface area contributed by atoms with Crippen LogP contribution in [-0.4, -0.2) is 26.3 Å². The molecule has 0 aliphatic heterocycles. The number of aryl methyl sites for hydroxylation is 1. The molecule has 0 aliphatic carbocycles. The lowest BCUT2D eigenvalue weighted by Gasteiger charge is -2.26. The lowest BCUT2D eigenvalue weighted by Crippen LogP contribution is -2.25. The number of ether oxygens (including phenoxy) is 1. The normalized spacial score (nSPS) is 13.6. The molecule has 1 aromatic carbocycles. The van der Waals surface area contributed by atoms with Crippen molar-refractivity contribution in [2.75, 3.05) is 20.7 Å². The zero-order chi connectivity index (χ0) is 13.6. The predicted octanol–water partition coefficient (Wildman–Crippen LogP) is 3.50. The molecule has 0 spiro atoms. The minimum absolute atomic E-state index is 0.0311. The molecular formula is C16H27NO. The third-order valence-electron chi connectivity index (χ3n) is 3.65. The molecule has 1 rings (SSSR count). The van der Waals surface area contributed by atoms with Crippen LogP contribution in [-0.2, 0) is 4.74 Å². The van der Waals surface area contributed by atoms with E-state index in [1.165, 1.54) is 11.1 Å². The minimum Gasteiger partial charge on any atom is -0.379 e. The molecule has 1 atom stereocenters. The Morgan fingerprint density at radius 1 is 1.22 bits per heavy atom. The summed E-state index contributed by atoms with van der Waals surface area (Å²) in [7, 11) is 3.81. The van der Waals surface area contributed by atoms with Gasteiger partial charge in [-0.15, -0.1) is 0 Å². The molecule has 1 N–H and O–H groups in total. The summed E-state index contributed by atoms with van der Waals surface area (Å²) >= 11 is 0. The molecule has 0 aliphatic rings. The van der Waals surface area contributed by atoms with Crippen LogP contribution in [0.15, 0.2) is 24.3 Å². The Balaban J connectivity index is 2.68. The Labute approximate surface area is 112 Å². The molecule has 0 amide bonds. The lowest BCUT2D eigenvalue weighted by atomic mass is 9.89. The number of hydrogen-bond acceptors (Lipinski definition) is 2. The number of likely N-dealkylation sites (N-methyl/N-ethyl adjacent to an activating group) is 1. The van der Waals surface area contributed by atoms with Gasteiger partial charge < -0.3 is 10.1 Å². The van der Waals surface area contributed by atoms with Crippen LogP contribution in [0, 0.1) is 6.92 Å². The molecule has 2 heteroatoms. The van der Waals surface area contributed by atoms with E-state index in [0.29, 0.717) is 5.92 Å². The third kappa shape index (κ3) is 4.79. The van der Waals surface area contributed by atoms with E-state index in [1.54, 1.807) is 7.11 Å². The number of methoxy groups -OCH3 is 1. The number of nitrogens with one attached hydrogen (secondary N) is 1. The molecule has 0 fully saturated rings. The Bertz CT molecular complexity index is 343. The molecule has 0 heterocycles. The topological polar surface area (TPSA) is 21.3 Å².